The summed E-state index contributed by atoms with van der Waals surface area (Å²) in [4.78, 5) is 15.7. The molecule has 0 N–H and O–H groups in total. The Bertz CT molecular complexity index is 563. The Morgan fingerprint density at radius 2 is 2.00 bits per heavy atom. The van der Waals surface area contributed by atoms with E-state index in [1.807, 2.05) is 0 Å². The summed E-state index contributed by atoms with van der Waals surface area (Å²) in [5.41, 5.74) is 1.08. The third-order valence-corrected chi connectivity index (χ3v) is 3.43. The molecule has 0 aliphatic carbocycles. The molecular formula is C12H9Cl2NO2S. The number of benzene rings is 1. The molecule has 0 saturated heterocycles. The van der Waals surface area contributed by atoms with Crippen LogP contribution in [0.15, 0.2) is 23.6 Å². The first-order valence-electron chi connectivity index (χ1n) is 5.19. The van der Waals surface area contributed by atoms with Gasteiger partial charge in [-0.05, 0) is 25.1 Å². The summed E-state index contributed by atoms with van der Waals surface area (Å²) in [6.07, 6.45) is 0. The van der Waals surface area contributed by atoms with Crippen LogP contribution in [-0.2, 0) is 4.74 Å². The molecule has 6 heteroatoms. The molecule has 2 rings (SSSR count). The van der Waals surface area contributed by atoms with Crippen molar-refractivity contribution in [3.05, 3.63) is 39.3 Å². The van der Waals surface area contributed by atoms with Crippen molar-refractivity contribution in [1.29, 1.82) is 0 Å². The third-order valence-electron chi connectivity index (χ3n) is 2.10. The number of halogens is 2. The maximum absolute atomic E-state index is 11.5. The second kappa shape index (κ2) is 5.69. The molecule has 0 saturated carbocycles. The van der Waals surface area contributed by atoms with Crippen molar-refractivity contribution < 1.29 is 9.53 Å². The van der Waals surface area contributed by atoms with Gasteiger partial charge in [-0.25, -0.2) is 9.78 Å². The first kappa shape index (κ1) is 13.3. The largest absolute Gasteiger partial charge is 0.461 e. The van der Waals surface area contributed by atoms with Crippen LogP contribution in [-0.4, -0.2) is 17.6 Å². The van der Waals surface area contributed by atoms with Crippen LogP contribution in [0.2, 0.25) is 10.0 Å². The van der Waals surface area contributed by atoms with E-state index >= 15 is 0 Å². The quantitative estimate of drug-likeness (QED) is 0.794. The summed E-state index contributed by atoms with van der Waals surface area (Å²) < 4.78 is 4.88. The van der Waals surface area contributed by atoms with E-state index in [9.17, 15) is 4.79 Å². The lowest BCUT2D eigenvalue weighted by Gasteiger charge is -1.99. The molecule has 3 nitrogen and oxygen atoms in total. The van der Waals surface area contributed by atoms with E-state index in [-0.39, 0.29) is 0 Å². The lowest BCUT2D eigenvalue weighted by Crippen LogP contribution is -2.04. The number of aromatic nitrogens is 1. The van der Waals surface area contributed by atoms with Crippen molar-refractivity contribution >= 4 is 40.5 Å². The summed E-state index contributed by atoms with van der Waals surface area (Å²) in [5.74, 6) is -0.423. The number of nitrogens with zero attached hydrogens (tertiary/aromatic N) is 1. The first-order chi connectivity index (χ1) is 8.60. The maximum Gasteiger partial charge on any atom is 0.357 e. The molecule has 1 aromatic heterocycles. The van der Waals surface area contributed by atoms with Gasteiger partial charge < -0.3 is 4.74 Å². The number of hydrogen-bond acceptors (Lipinski definition) is 4. The van der Waals surface area contributed by atoms with Gasteiger partial charge in [-0.15, -0.1) is 11.3 Å². The van der Waals surface area contributed by atoms with Crippen LogP contribution in [0.1, 0.15) is 17.4 Å². The highest BCUT2D eigenvalue weighted by molar-refractivity contribution is 7.13. The average Bonchev–Trinajstić information content (AvgIpc) is 2.77. The number of thiazole rings is 1. The van der Waals surface area contributed by atoms with E-state index in [2.05, 4.69) is 4.98 Å². The Kier molecular flexibility index (Phi) is 4.22. The highest BCUT2D eigenvalue weighted by atomic mass is 35.5. The molecule has 0 aliphatic heterocycles. The van der Waals surface area contributed by atoms with E-state index in [4.69, 9.17) is 27.9 Å². The second-order valence-electron chi connectivity index (χ2n) is 3.42. The molecule has 0 unspecified atom stereocenters. The topological polar surface area (TPSA) is 39.2 Å². The zero-order chi connectivity index (χ0) is 13.1. The third kappa shape index (κ3) is 3.02. The van der Waals surface area contributed by atoms with Gasteiger partial charge in [0.15, 0.2) is 5.69 Å². The molecule has 1 heterocycles. The van der Waals surface area contributed by atoms with Gasteiger partial charge in [0.2, 0.25) is 0 Å². The van der Waals surface area contributed by atoms with Crippen molar-refractivity contribution in [3.8, 4) is 10.6 Å². The first-order valence-corrected chi connectivity index (χ1v) is 6.83. The highest BCUT2D eigenvalue weighted by Gasteiger charge is 2.13. The van der Waals surface area contributed by atoms with Crippen molar-refractivity contribution in [2.45, 2.75) is 6.92 Å². The molecule has 1 aromatic carbocycles. The Labute approximate surface area is 118 Å². The number of rotatable bonds is 3. The molecule has 0 fully saturated rings. The van der Waals surface area contributed by atoms with Gasteiger partial charge in [0.05, 0.1) is 6.61 Å². The number of carbonyl (C=O) groups is 1. The SMILES string of the molecule is CCOC(=O)c1csc(-c2cc(Cl)cc(Cl)c2)n1. The highest BCUT2D eigenvalue weighted by Crippen LogP contribution is 2.29. The van der Waals surface area contributed by atoms with Crippen LogP contribution in [0.4, 0.5) is 0 Å². The Hall–Kier alpha value is -1.10. The molecule has 18 heavy (non-hydrogen) atoms. The van der Waals surface area contributed by atoms with Gasteiger partial charge in [0, 0.05) is 21.0 Å². The minimum Gasteiger partial charge on any atom is -0.461 e. The molecule has 0 amide bonds. The zero-order valence-electron chi connectivity index (χ0n) is 9.44. The van der Waals surface area contributed by atoms with Gasteiger partial charge in [0.25, 0.3) is 0 Å². The fourth-order valence-corrected chi connectivity index (χ4v) is 2.69. The molecule has 94 valence electrons. The lowest BCUT2D eigenvalue weighted by molar-refractivity contribution is 0.0520. The van der Waals surface area contributed by atoms with Gasteiger partial charge in [-0.2, -0.15) is 0 Å². The number of esters is 1. The van der Waals surface area contributed by atoms with Crippen LogP contribution in [0, 0.1) is 0 Å². The van der Waals surface area contributed by atoms with Crippen molar-refractivity contribution in [3.63, 3.8) is 0 Å². The summed E-state index contributed by atoms with van der Waals surface area (Å²) in [5, 5.41) is 3.40. The standard InChI is InChI=1S/C12H9Cl2NO2S/c1-2-17-12(16)10-6-18-11(15-10)7-3-8(13)5-9(14)4-7/h3-6H,2H2,1H3. The number of hydrogen-bond donors (Lipinski definition) is 0. The van der Waals surface area contributed by atoms with Crippen LogP contribution in [0.25, 0.3) is 10.6 Å². The predicted octanol–water partition coefficient (Wildman–Crippen LogP) is 4.29. The van der Waals surface area contributed by atoms with E-state index < -0.39 is 5.97 Å². The summed E-state index contributed by atoms with van der Waals surface area (Å²) in [6.45, 7) is 2.08. The smallest absolute Gasteiger partial charge is 0.357 e. The van der Waals surface area contributed by atoms with Crippen molar-refractivity contribution in [2.24, 2.45) is 0 Å². The number of carbonyl (C=O) groups excluding carboxylic acids is 1. The van der Waals surface area contributed by atoms with Crippen LogP contribution in [0.3, 0.4) is 0 Å². The van der Waals surface area contributed by atoms with Crippen molar-refractivity contribution in [2.75, 3.05) is 6.61 Å². The maximum atomic E-state index is 11.5. The molecular weight excluding hydrogens is 293 g/mol. The molecule has 0 aliphatic rings. The summed E-state index contributed by atoms with van der Waals surface area (Å²) in [6, 6.07) is 5.15. The molecule has 0 atom stereocenters. The Morgan fingerprint density at radius 3 is 2.61 bits per heavy atom. The van der Waals surface area contributed by atoms with Gasteiger partial charge >= 0.3 is 5.97 Å². The molecule has 2 aromatic rings. The van der Waals surface area contributed by atoms with Gasteiger partial charge in [-0.1, -0.05) is 23.2 Å². The molecule has 0 spiro atoms. The van der Waals surface area contributed by atoms with Crippen molar-refractivity contribution in [1.82, 2.24) is 4.98 Å². The van der Waals surface area contributed by atoms with Gasteiger partial charge in [-0.3, -0.25) is 0 Å². The number of ether oxygens (including phenoxy) is 1. The Balaban J connectivity index is 2.32. The lowest BCUT2D eigenvalue weighted by atomic mass is 10.2. The Morgan fingerprint density at radius 1 is 1.33 bits per heavy atom. The average molecular weight is 302 g/mol. The monoisotopic (exact) mass is 301 g/mol. The molecule has 0 radical (unpaired) electrons. The van der Waals surface area contributed by atoms with Crippen LogP contribution in [0.5, 0.6) is 0 Å². The normalized spacial score (nSPS) is 10.4. The second-order valence-corrected chi connectivity index (χ2v) is 5.15. The van der Waals surface area contributed by atoms with E-state index in [0.29, 0.717) is 27.4 Å². The predicted molar refractivity (Wildman–Crippen MR) is 73.5 cm³/mol. The van der Waals surface area contributed by atoms with E-state index in [0.717, 1.165) is 5.56 Å². The summed E-state index contributed by atoms with van der Waals surface area (Å²) >= 11 is 13.2. The zero-order valence-corrected chi connectivity index (χ0v) is 11.8. The summed E-state index contributed by atoms with van der Waals surface area (Å²) in [7, 11) is 0. The minimum atomic E-state index is -0.423. The van der Waals surface area contributed by atoms with E-state index in [1.165, 1.54) is 11.3 Å². The van der Waals surface area contributed by atoms with Crippen LogP contribution < -0.4 is 0 Å². The van der Waals surface area contributed by atoms with Gasteiger partial charge in [0.1, 0.15) is 5.01 Å². The van der Waals surface area contributed by atoms with Crippen LogP contribution >= 0.6 is 34.5 Å². The fraction of sp³-hybridized carbons (Fsp3) is 0.167. The molecule has 0 bridgehead atoms. The fourth-order valence-electron chi connectivity index (χ4n) is 1.38. The minimum absolute atomic E-state index is 0.299. The van der Waals surface area contributed by atoms with E-state index in [1.54, 1.807) is 30.5 Å².